The Bertz CT molecular complexity index is 524. The molecular formula is C12H18N2O4S. The Labute approximate surface area is 112 Å². The molecule has 0 saturated carbocycles. The van der Waals surface area contributed by atoms with E-state index in [9.17, 15) is 13.2 Å². The Balaban J connectivity index is 1.84. The van der Waals surface area contributed by atoms with Crippen LogP contribution >= 0.6 is 0 Å². The third kappa shape index (κ3) is 4.07. The maximum atomic E-state index is 11.8. The molecule has 1 fully saturated rings. The number of carbonyl (C=O) groups is 1. The summed E-state index contributed by atoms with van der Waals surface area (Å²) < 4.78 is 28.1. The van der Waals surface area contributed by atoms with Crippen molar-refractivity contribution < 1.29 is 17.6 Å². The van der Waals surface area contributed by atoms with Gasteiger partial charge in [0, 0.05) is 19.0 Å². The van der Waals surface area contributed by atoms with Crippen LogP contribution in [0.2, 0.25) is 0 Å². The fourth-order valence-corrected chi connectivity index (χ4v) is 3.58. The first-order chi connectivity index (χ1) is 8.96. The highest BCUT2D eigenvalue weighted by atomic mass is 32.2. The molecule has 1 amide bonds. The van der Waals surface area contributed by atoms with E-state index in [1.54, 1.807) is 18.4 Å². The molecule has 0 aromatic carbocycles. The van der Waals surface area contributed by atoms with Gasteiger partial charge in [-0.2, -0.15) is 0 Å². The highest BCUT2D eigenvalue weighted by Crippen LogP contribution is 2.13. The van der Waals surface area contributed by atoms with Gasteiger partial charge in [0.1, 0.15) is 5.76 Å². The molecule has 1 saturated heterocycles. The van der Waals surface area contributed by atoms with Gasteiger partial charge in [0.25, 0.3) is 0 Å². The summed E-state index contributed by atoms with van der Waals surface area (Å²) in [5.74, 6) is 0.666. The van der Waals surface area contributed by atoms with E-state index in [-0.39, 0.29) is 35.9 Å². The number of hydrogen-bond acceptors (Lipinski definition) is 5. The molecule has 0 bridgehead atoms. The van der Waals surface area contributed by atoms with Gasteiger partial charge < -0.3 is 15.1 Å². The van der Waals surface area contributed by atoms with E-state index in [0.717, 1.165) is 0 Å². The van der Waals surface area contributed by atoms with Crippen LogP contribution in [0.5, 0.6) is 0 Å². The molecule has 1 aliphatic heterocycles. The van der Waals surface area contributed by atoms with Gasteiger partial charge in [-0.05, 0) is 19.1 Å². The summed E-state index contributed by atoms with van der Waals surface area (Å²) in [6.07, 6.45) is 1.71. The SMILES string of the molecule is CC(NC(=O)CC1CS(=O)(=O)CCN1)c1ccco1. The quantitative estimate of drug-likeness (QED) is 0.827. The third-order valence-electron chi connectivity index (χ3n) is 3.08. The van der Waals surface area contributed by atoms with Gasteiger partial charge in [0.15, 0.2) is 9.84 Å². The summed E-state index contributed by atoms with van der Waals surface area (Å²) in [5, 5.41) is 5.84. The average Bonchev–Trinajstić information content (AvgIpc) is 2.80. The normalized spacial score (nSPS) is 23.7. The smallest absolute Gasteiger partial charge is 0.222 e. The minimum Gasteiger partial charge on any atom is -0.467 e. The van der Waals surface area contributed by atoms with E-state index >= 15 is 0 Å². The molecule has 0 spiro atoms. The van der Waals surface area contributed by atoms with Crippen molar-refractivity contribution in [2.75, 3.05) is 18.1 Å². The zero-order valence-electron chi connectivity index (χ0n) is 10.8. The fourth-order valence-electron chi connectivity index (χ4n) is 2.13. The topological polar surface area (TPSA) is 88.4 Å². The molecule has 2 heterocycles. The maximum absolute atomic E-state index is 11.8. The second kappa shape index (κ2) is 5.75. The molecule has 0 radical (unpaired) electrons. The number of carbonyl (C=O) groups excluding carboxylic acids is 1. The van der Waals surface area contributed by atoms with Crippen molar-refractivity contribution in [2.24, 2.45) is 0 Å². The first-order valence-corrected chi connectivity index (χ1v) is 8.05. The number of nitrogens with one attached hydrogen (secondary N) is 2. The predicted octanol–water partition coefficient (Wildman–Crippen LogP) is 0.234. The monoisotopic (exact) mass is 286 g/mol. The van der Waals surface area contributed by atoms with Crippen molar-refractivity contribution in [1.82, 2.24) is 10.6 Å². The lowest BCUT2D eigenvalue weighted by molar-refractivity contribution is -0.122. The highest BCUT2D eigenvalue weighted by molar-refractivity contribution is 7.91. The second-order valence-corrected chi connectivity index (χ2v) is 7.00. The number of sulfone groups is 1. The number of furan rings is 1. The third-order valence-corrected chi connectivity index (χ3v) is 4.82. The Morgan fingerprint density at radius 2 is 2.42 bits per heavy atom. The first kappa shape index (κ1) is 14.1. The average molecular weight is 286 g/mol. The minimum atomic E-state index is -3.01. The van der Waals surface area contributed by atoms with Crippen molar-refractivity contribution in [2.45, 2.75) is 25.4 Å². The number of hydrogen-bond donors (Lipinski definition) is 2. The van der Waals surface area contributed by atoms with Gasteiger partial charge >= 0.3 is 0 Å². The Hall–Kier alpha value is -1.34. The van der Waals surface area contributed by atoms with E-state index in [2.05, 4.69) is 10.6 Å². The van der Waals surface area contributed by atoms with Gasteiger partial charge in [-0.25, -0.2) is 8.42 Å². The van der Waals surface area contributed by atoms with Crippen LogP contribution in [-0.4, -0.2) is 38.4 Å². The van der Waals surface area contributed by atoms with Crippen LogP contribution < -0.4 is 10.6 Å². The Morgan fingerprint density at radius 1 is 1.63 bits per heavy atom. The summed E-state index contributed by atoms with van der Waals surface area (Å²) in [7, 11) is -3.01. The highest BCUT2D eigenvalue weighted by Gasteiger charge is 2.26. The largest absolute Gasteiger partial charge is 0.467 e. The lowest BCUT2D eigenvalue weighted by Gasteiger charge is -2.23. The van der Waals surface area contributed by atoms with Gasteiger partial charge in [0.2, 0.25) is 5.91 Å². The molecule has 0 aliphatic carbocycles. The number of rotatable bonds is 4. The molecule has 2 atom stereocenters. The molecule has 19 heavy (non-hydrogen) atoms. The zero-order valence-corrected chi connectivity index (χ0v) is 11.6. The predicted molar refractivity (Wildman–Crippen MR) is 70.3 cm³/mol. The molecule has 7 heteroatoms. The first-order valence-electron chi connectivity index (χ1n) is 6.23. The Morgan fingerprint density at radius 3 is 3.05 bits per heavy atom. The van der Waals surface area contributed by atoms with E-state index < -0.39 is 9.84 Å². The van der Waals surface area contributed by atoms with Crippen LogP contribution in [0.25, 0.3) is 0 Å². The van der Waals surface area contributed by atoms with Crippen LogP contribution in [0, 0.1) is 0 Å². The van der Waals surface area contributed by atoms with Crippen LogP contribution in [0.15, 0.2) is 22.8 Å². The summed E-state index contributed by atoms with van der Waals surface area (Å²) in [5.41, 5.74) is 0. The van der Waals surface area contributed by atoms with Gasteiger partial charge in [-0.15, -0.1) is 0 Å². The molecule has 2 unspecified atom stereocenters. The van der Waals surface area contributed by atoms with Gasteiger partial charge in [-0.3, -0.25) is 4.79 Å². The summed E-state index contributed by atoms with van der Waals surface area (Å²) >= 11 is 0. The van der Waals surface area contributed by atoms with Crippen molar-refractivity contribution in [1.29, 1.82) is 0 Å². The van der Waals surface area contributed by atoms with Crippen molar-refractivity contribution in [3.05, 3.63) is 24.2 Å². The van der Waals surface area contributed by atoms with E-state index in [1.165, 1.54) is 0 Å². The van der Waals surface area contributed by atoms with Crippen LogP contribution in [0.1, 0.15) is 25.1 Å². The standard InChI is InChI=1S/C12H18N2O4S/c1-9(11-3-2-5-18-11)14-12(15)7-10-8-19(16,17)6-4-13-10/h2-3,5,9-10,13H,4,6-8H2,1H3,(H,14,15). The second-order valence-electron chi connectivity index (χ2n) is 4.77. The fraction of sp³-hybridized carbons (Fsp3) is 0.583. The molecule has 2 rings (SSSR count). The molecule has 1 aromatic rings. The lowest BCUT2D eigenvalue weighted by atomic mass is 10.2. The van der Waals surface area contributed by atoms with Crippen LogP contribution in [0.4, 0.5) is 0 Å². The van der Waals surface area contributed by atoms with Gasteiger partial charge in [-0.1, -0.05) is 0 Å². The van der Waals surface area contributed by atoms with E-state index in [0.29, 0.717) is 12.3 Å². The van der Waals surface area contributed by atoms with Crippen molar-refractivity contribution in [3.63, 3.8) is 0 Å². The molecule has 106 valence electrons. The molecule has 1 aromatic heterocycles. The van der Waals surface area contributed by atoms with E-state index in [1.807, 2.05) is 6.92 Å². The minimum absolute atomic E-state index is 0.0234. The van der Waals surface area contributed by atoms with Crippen molar-refractivity contribution >= 4 is 15.7 Å². The summed E-state index contributed by atoms with van der Waals surface area (Å²) in [6.45, 7) is 2.23. The lowest BCUT2D eigenvalue weighted by Crippen LogP contribution is -2.47. The molecule has 1 aliphatic rings. The molecular weight excluding hydrogens is 268 g/mol. The summed E-state index contributed by atoms with van der Waals surface area (Å²) in [4.78, 5) is 11.8. The van der Waals surface area contributed by atoms with Crippen LogP contribution in [-0.2, 0) is 14.6 Å². The zero-order chi connectivity index (χ0) is 13.9. The van der Waals surface area contributed by atoms with Crippen LogP contribution in [0.3, 0.4) is 0 Å². The molecule has 2 N–H and O–H groups in total. The Kier molecular flexibility index (Phi) is 4.26. The van der Waals surface area contributed by atoms with E-state index in [4.69, 9.17) is 4.42 Å². The maximum Gasteiger partial charge on any atom is 0.222 e. The summed E-state index contributed by atoms with van der Waals surface area (Å²) in [6, 6.07) is 3.02. The van der Waals surface area contributed by atoms with Gasteiger partial charge in [0.05, 0.1) is 23.8 Å². The molecule has 6 nitrogen and oxygen atoms in total. The van der Waals surface area contributed by atoms with Crippen molar-refractivity contribution in [3.8, 4) is 0 Å². The number of amides is 1.